The topological polar surface area (TPSA) is 29.1 Å². The molecular weight excluding hydrogens is 329 g/mol. The van der Waals surface area contributed by atoms with Crippen LogP contribution in [0.3, 0.4) is 0 Å². The molecule has 0 heterocycles. The average molecular weight is 343 g/mol. The second kappa shape index (κ2) is 7.17. The Hall–Kier alpha value is -1.22. The van der Waals surface area contributed by atoms with E-state index in [0.717, 1.165) is 16.8 Å². The van der Waals surface area contributed by atoms with Gasteiger partial charge in [0.1, 0.15) is 0 Å². The fourth-order valence-electron chi connectivity index (χ4n) is 1.99. The lowest BCUT2D eigenvalue weighted by Crippen LogP contribution is -2.13. The Morgan fingerprint density at radius 1 is 1.10 bits per heavy atom. The molecule has 5 heteroatoms. The molecule has 0 aliphatic heterocycles. The smallest absolute Gasteiger partial charge is 0.224 e. The van der Waals surface area contributed by atoms with Gasteiger partial charge in [-0.3, -0.25) is 4.79 Å². The van der Waals surface area contributed by atoms with Crippen molar-refractivity contribution in [3.63, 3.8) is 0 Å². The fraction of sp³-hybridized carbons (Fsp3) is 0.188. The minimum absolute atomic E-state index is 0.0867. The third-order valence-corrected chi connectivity index (χ3v) is 4.07. The number of carbonyl (C=O) groups excluding carboxylic acids is 1. The summed E-state index contributed by atoms with van der Waals surface area (Å²) in [6.07, 6.45) is 0.808. The molecule has 2 aromatic rings. The van der Waals surface area contributed by atoms with E-state index in [-0.39, 0.29) is 5.91 Å². The van der Waals surface area contributed by atoms with Crippen molar-refractivity contribution in [2.24, 2.45) is 0 Å². The maximum atomic E-state index is 12.0. The molecule has 0 unspecified atom stereocenters. The molecular formula is C16H14Cl3NO. The van der Waals surface area contributed by atoms with Gasteiger partial charge in [-0.2, -0.15) is 0 Å². The van der Waals surface area contributed by atoms with E-state index in [9.17, 15) is 4.79 Å². The molecule has 21 heavy (non-hydrogen) atoms. The number of amides is 1. The minimum Gasteiger partial charge on any atom is -0.326 e. The number of halogens is 3. The summed E-state index contributed by atoms with van der Waals surface area (Å²) in [6, 6.07) is 10.7. The van der Waals surface area contributed by atoms with Crippen LogP contribution < -0.4 is 5.32 Å². The van der Waals surface area contributed by atoms with Gasteiger partial charge in [0.25, 0.3) is 0 Å². The Morgan fingerprint density at radius 3 is 2.38 bits per heavy atom. The number of carbonyl (C=O) groups is 1. The highest BCUT2D eigenvalue weighted by Gasteiger charge is 2.10. The first kappa shape index (κ1) is 16.2. The van der Waals surface area contributed by atoms with Crippen LogP contribution in [0.25, 0.3) is 0 Å². The predicted molar refractivity (Wildman–Crippen MR) is 89.6 cm³/mol. The number of nitrogens with one attached hydrogen (secondary N) is 1. The van der Waals surface area contributed by atoms with E-state index < -0.39 is 0 Å². The normalized spacial score (nSPS) is 10.5. The lowest BCUT2D eigenvalue weighted by atomic mass is 10.1. The quantitative estimate of drug-likeness (QED) is 0.778. The third kappa shape index (κ3) is 4.37. The first-order chi connectivity index (χ1) is 9.97. The van der Waals surface area contributed by atoms with Gasteiger partial charge in [-0.1, -0.05) is 40.9 Å². The number of rotatable bonds is 4. The average Bonchev–Trinajstić information content (AvgIpc) is 2.41. The van der Waals surface area contributed by atoms with E-state index in [1.807, 2.05) is 13.0 Å². The Morgan fingerprint density at radius 2 is 1.76 bits per heavy atom. The molecule has 110 valence electrons. The van der Waals surface area contributed by atoms with E-state index in [4.69, 9.17) is 34.8 Å². The summed E-state index contributed by atoms with van der Waals surface area (Å²) >= 11 is 18.1. The van der Waals surface area contributed by atoms with Gasteiger partial charge in [-0.25, -0.2) is 0 Å². The van der Waals surface area contributed by atoms with Crippen LogP contribution in [0, 0.1) is 6.92 Å². The largest absolute Gasteiger partial charge is 0.326 e. The van der Waals surface area contributed by atoms with Crippen LogP contribution >= 0.6 is 34.8 Å². The summed E-state index contributed by atoms with van der Waals surface area (Å²) in [7, 11) is 0. The fourth-order valence-corrected chi connectivity index (χ4v) is 2.80. The van der Waals surface area contributed by atoms with Gasteiger partial charge in [-0.05, 0) is 54.8 Å². The summed E-state index contributed by atoms with van der Waals surface area (Å²) in [5.74, 6) is -0.0867. The van der Waals surface area contributed by atoms with E-state index in [1.54, 1.807) is 30.3 Å². The van der Waals surface area contributed by atoms with Crippen LogP contribution in [0.5, 0.6) is 0 Å². The third-order valence-electron chi connectivity index (χ3n) is 3.13. The molecule has 2 aromatic carbocycles. The van der Waals surface area contributed by atoms with E-state index in [1.165, 1.54) is 0 Å². The van der Waals surface area contributed by atoms with Crippen LogP contribution in [0.1, 0.15) is 17.5 Å². The molecule has 2 rings (SSSR count). The van der Waals surface area contributed by atoms with Crippen molar-refractivity contribution in [3.8, 4) is 0 Å². The lowest BCUT2D eigenvalue weighted by Gasteiger charge is -2.10. The highest BCUT2D eigenvalue weighted by Crippen LogP contribution is 2.26. The summed E-state index contributed by atoms with van der Waals surface area (Å²) in [6.45, 7) is 1.90. The maximum absolute atomic E-state index is 12.0. The van der Waals surface area contributed by atoms with Gasteiger partial charge in [-0.15, -0.1) is 0 Å². The number of aryl methyl sites for hydroxylation is 1. The Balaban J connectivity index is 1.99. The maximum Gasteiger partial charge on any atom is 0.224 e. The SMILES string of the molecule is Cc1cc(Cl)ccc1NC(=O)CCc1c(Cl)cccc1Cl. The molecule has 0 fully saturated rings. The van der Waals surface area contributed by atoms with E-state index >= 15 is 0 Å². The Labute approximate surface area is 139 Å². The van der Waals surface area contributed by atoms with Crippen molar-refractivity contribution in [1.82, 2.24) is 0 Å². The molecule has 0 spiro atoms. The molecule has 0 saturated heterocycles. The van der Waals surface area contributed by atoms with Gasteiger partial charge < -0.3 is 5.32 Å². The molecule has 0 aliphatic carbocycles. The standard InChI is InChI=1S/C16H14Cl3NO/c1-10-9-11(17)5-7-15(10)20-16(21)8-6-12-13(18)3-2-4-14(12)19/h2-5,7,9H,6,8H2,1H3,(H,20,21). The number of hydrogen-bond acceptors (Lipinski definition) is 1. The van der Waals surface area contributed by atoms with Crippen molar-refractivity contribution in [1.29, 1.82) is 0 Å². The zero-order chi connectivity index (χ0) is 15.4. The Bertz CT molecular complexity index is 650. The van der Waals surface area contributed by atoms with Gasteiger partial charge in [0.15, 0.2) is 0 Å². The molecule has 1 amide bonds. The van der Waals surface area contributed by atoms with Gasteiger partial charge in [0.05, 0.1) is 0 Å². The molecule has 1 N–H and O–H groups in total. The summed E-state index contributed by atoms with van der Waals surface area (Å²) < 4.78 is 0. The van der Waals surface area contributed by atoms with E-state index in [2.05, 4.69) is 5.32 Å². The Kier molecular flexibility index (Phi) is 5.51. The monoisotopic (exact) mass is 341 g/mol. The molecule has 0 saturated carbocycles. The second-order valence-corrected chi connectivity index (χ2v) is 5.96. The number of hydrogen-bond donors (Lipinski definition) is 1. The van der Waals surface area contributed by atoms with E-state index in [0.29, 0.717) is 27.9 Å². The van der Waals surface area contributed by atoms with Crippen LogP contribution in [0.2, 0.25) is 15.1 Å². The number of benzene rings is 2. The van der Waals surface area contributed by atoms with Crippen molar-refractivity contribution in [2.45, 2.75) is 19.8 Å². The molecule has 0 radical (unpaired) electrons. The zero-order valence-corrected chi connectivity index (χ0v) is 13.7. The number of anilines is 1. The predicted octanol–water partition coefficient (Wildman–Crippen LogP) is 5.53. The lowest BCUT2D eigenvalue weighted by molar-refractivity contribution is -0.116. The second-order valence-electron chi connectivity index (χ2n) is 4.71. The van der Waals surface area contributed by atoms with Crippen molar-refractivity contribution >= 4 is 46.4 Å². The molecule has 0 bridgehead atoms. The van der Waals surface area contributed by atoms with Gasteiger partial charge >= 0.3 is 0 Å². The summed E-state index contributed by atoms with van der Waals surface area (Å²) in [5.41, 5.74) is 2.48. The van der Waals surface area contributed by atoms with Crippen LogP contribution in [-0.2, 0) is 11.2 Å². The van der Waals surface area contributed by atoms with Gasteiger partial charge in [0, 0.05) is 27.2 Å². The zero-order valence-electron chi connectivity index (χ0n) is 11.4. The van der Waals surface area contributed by atoms with Crippen molar-refractivity contribution in [3.05, 3.63) is 62.6 Å². The molecule has 0 atom stereocenters. The van der Waals surface area contributed by atoms with Crippen LogP contribution in [0.4, 0.5) is 5.69 Å². The highest BCUT2D eigenvalue weighted by molar-refractivity contribution is 6.36. The summed E-state index contributed by atoms with van der Waals surface area (Å²) in [4.78, 5) is 12.0. The first-order valence-corrected chi connectivity index (χ1v) is 7.59. The van der Waals surface area contributed by atoms with Crippen molar-refractivity contribution in [2.75, 3.05) is 5.32 Å². The molecule has 0 aliphatic rings. The van der Waals surface area contributed by atoms with Gasteiger partial charge in [0.2, 0.25) is 5.91 Å². The summed E-state index contributed by atoms with van der Waals surface area (Å²) in [5, 5.41) is 4.67. The molecule has 0 aromatic heterocycles. The van der Waals surface area contributed by atoms with Crippen LogP contribution in [-0.4, -0.2) is 5.91 Å². The molecule has 2 nitrogen and oxygen atoms in total. The van der Waals surface area contributed by atoms with Crippen LogP contribution in [0.15, 0.2) is 36.4 Å². The van der Waals surface area contributed by atoms with Crippen molar-refractivity contribution < 1.29 is 4.79 Å². The first-order valence-electron chi connectivity index (χ1n) is 6.46. The highest BCUT2D eigenvalue weighted by atomic mass is 35.5. The minimum atomic E-state index is -0.0867.